The van der Waals surface area contributed by atoms with Gasteiger partial charge in [-0.25, -0.2) is 0 Å². The Balaban J connectivity index is 1.49. The van der Waals surface area contributed by atoms with E-state index < -0.39 is 0 Å². The second-order valence-corrected chi connectivity index (χ2v) is 6.29. The molecule has 0 saturated heterocycles. The van der Waals surface area contributed by atoms with E-state index in [-0.39, 0.29) is 0 Å². The van der Waals surface area contributed by atoms with E-state index in [9.17, 15) is 4.79 Å². The number of carbonyl (C=O) groups excluding carboxylic acids is 1. The first-order valence-corrected chi connectivity index (χ1v) is 6.99. The van der Waals surface area contributed by atoms with Crippen LogP contribution in [0.4, 0.5) is 0 Å². The molecule has 2 heteroatoms. The fourth-order valence-electron chi connectivity index (χ4n) is 3.90. The quantitative estimate of drug-likeness (QED) is 0.717. The number of hydrogen-bond donors (Lipinski definition) is 0. The second kappa shape index (κ2) is 4.05. The van der Waals surface area contributed by atoms with Gasteiger partial charge in [0.05, 0.1) is 0 Å². The fourth-order valence-corrected chi connectivity index (χ4v) is 3.90. The van der Waals surface area contributed by atoms with Crippen molar-refractivity contribution in [1.29, 1.82) is 0 Å². The van der Waals surface area contributed by atoms with E-state index in [2.05, 4.69) is 0 Å². The molecular formula is C14H23NO. The summed E-state index contributed by atoms with van der Waals surface area (Å²) >= 11 is 0. The summed E-state index contributed by atoms with van der Waals surface area (Å²) in [6.07, 6.45) is 9.23. The zero-order valence-corrected chi connectivity index (χ0v) is 10.3. The number of amides is 1. The Morgan fingerprint density at radius 1 is 1.12 bits per heavy atom. The standard InChI is InChI=1S/C14H23NO/c1-15(9-10-4-2-3-5-10)14(16)13-7-11-6-12(11)8-13/h10-13H,2-9H2,1H3. The molecule has 0 aromatic heterocycles. The Hall–Kier alpha value is -0.530. The summed E-state index contributed by atoms with van der Waals surface area (Å²) in [7, 11) is 2.02. The zero-order chi connectivity index (χ0) is 11.1. The molecule has 16 heavy (non-hydrogen) atoms. The number of hydrogen-bond acceptors (Lipinski definition) is 1. The van der Waals surface area contributed by atoms with Gasteiger partial charge in [0.25, 0.3) is 0 Å². The molecule has 90 valence electrons. The first-order chi connectivity index (χ1) is 7.74. The van der Waals surface area contributed by atoms with Gasteiger partial charge in [-0.1, -0.05) is 12.8 Å². The van der Waals surface area contributed by atoms with E-state index in [1.54, 1.807) is 0 Å². The van der Waals surface area contributed by atoms with Gasteiger partial charge in [-0.15, -0.1) is 0 Å². The molecule has 3 rings (SSSR count). The number of fused-ring (bicyclic) bond motifs is 1. The van der Waals surface area contributed by atoms with Crippen LogP contribution in [-0.4, -0.2) is 24.4 Å². The third-order valence-corrected chi connectivity index (χ3v) is 4.98. The summed E-state index contributed by atoms with van der Waals surface area (Å²) in [6.45, 7) is 1.02. The van der Waals surface area contributed by atoms with Gasteiger partial charge < -0.3 is 4.90 Å². The molecule has 2 atom stereocenters. The van der Waals surface area contributed by atoms with Crippen molar-refractivity contribution in [2.45, 2.75) is 44.9 Å². The molecule has 1 amide bonds. The molecule has 3 aliphatic carbocycles. The predicted octanol–water partition coefficient (Wildman–Crippen LogP) is 2.68. The highest BCUT2D eigenvalue weighted by molar-refractivity contribution is 5.79. The summed E-state index contributed by atoms with van der Waals surface area (Å²) in [5.41, 5.74) is 0. The molecule has 0 bridgehead atoms. The van der Waals surface area contributed by atoms with Crippen LogP contribution in [-0.2, 0) is 4.79 Å². The largest absolute Gasteiger partial charge is 0.345 e. The molecule has 0 aliphatic heterocycles. The lowest BCUT2D eigenvalue weighted by Crippen LogP contribution is -2.35. The molecule has 0 spiro atoms. The van der Waals surface area contributed by atoms with Crippen molar-refractivity contribution in [2.75, 3.05) is 13.6 Å². The minimum Gasteiger partial charge on any atom is -0.345 e. The van der Waals surface area contributed by atoms with Crippen LogP contribution in [0.1, 0.15) is 44.9 Å². The maximum atomic E-state index is 12.2. The van der Waals surface area contributed by atoms with Crippen LogP contribution in [0.15, 0.2) is 0 Å². The average molecular weight is 221 g/mol. The van der Waals surface area contributed by atoms with Gasteiger partial charge in [0, 0.05) is 19.5 Å². The van der Waals surface area contributed by atoms with Crippen LogP contribution in [0.5, 0.6) is 0 Å². The van der Waals surface area contributed by atoms with E-state index in [0.717, 1.165) is 24.3 Å². The van der Waals surface area contributed by atoms with Crippen LogP contribution in [0.3, 0.4) is 0 Å². The molecule has 0 heterocycles. The number of carbonyl (C=O) groups is 1. The molecule has 0 radical (unpaired) electrons. The van der Waals surface area contributed by atoms with Gasteiger partial charge in [-0.3, -0.25) is 4.79 Å². The van der Waals surface area contributed by atoms with Gasteiger partial charge in [0.2, 0.25) is 5.91 Å². The van der Waals surface area contributed by atoms with Crippen LogP contribution in [0.25, 0.3) is 0 Å². The van der Waals surface area contributed by atoms with Gasteiger partial charge in [-0.05, 0) is 49.9 Å². The minimum atomic E-state index is 0.384. The number of nitrogens with zero attached hydrogens (tertiary/aromatic N) is 1. The Labute approximate surface area is 98.4 Å². The molecule has 3 aliphatic rings. The van der Waals surface area contributed by atoms with Crippen molar-refractivity contribution in [1.82, 2.24) is 4.90 Å². The molecule has 3 fully saturated rings. The van der Waals surface area contributed by atoms with Crippen molar-refractivity contribution >= 4 is 5.91 Å². The Bertz CT molecular complexity index is 272. The van der Waals surface area contributed by atoms with Crippen LogP contribution < -0.4 is 0 Å². The first kappa shape index (κ1) is 10.6. The van der Waals surface area contributed by atoms with Crippen LogP contribution in [0.2, 0.25) is 0 Å². The lowest BCUT2D eigenvalue weighted by Gasteiger charge is -2.24. The predicted molar refractivity (Wildman–Crippen MR) is 63.9 cm³/mol. The highest BCUT2D eigenvalue weighted by Gasteiger charge is 2.48. The van der Waals surface area contributed by atoms with E-state index >= 15 is 0 Å². The highest BCUT2D eigenvalue weighted by Crippen LogP contribution is 2.54. The SMILES string of the molecule is CN(CC1CCCC1)C(=O)C1CC2CC2C1. The van der Waals surface area contributed by atoms with Crippen molar-refractivity contribution < 1.29 is 4.79 Å². The van der Waals surface area contributed by atoms with Crippen molar-refractivity contribution in [3.8, 4) is 0 Å². The molecule has 2 nitrogen and oxygen atoms in total. The smallest absolute Gasteiger partial charge is 0.225 e. The van der Waals surface area contributed by atoms with E-state index in [0.29, 0.717) is 11.8 Å². The Kier molecular flexibility index (Phi) is 2.68. The summed E-state index contributed by atoms with van der Waals surface area (Å²) in [5.74, 6) is 3.47. The molecule has 3 saturated carbocycles. The molecule has 0 aromatic rings. The molecule has 0 N–H and O–H groups in total. The highest BCUT2D eigenvalue weighted by atomic mass is 16.2. The van der Waals surface area contributed by atoms with Gasteiger partial charge >= 0.3 is 0 Å². The molecular weight excluding hydrogens is 198 g/mol. The molecule has 2 unspecified atom stereocenters. The maximum Gasteiger partial charge on any atom is 0.225 e. The third kappa shape index (κ3) is 1.99. The van der Waals surface area contributed by atoms with Gasteiger partial charge in [0.15, 0.2) is 0 Å². The normalized spacial score (nSPS) is 37.4. The monoisotopic (exact) mass is 221 g/mol. The van der Waals surface area contributed by atoms with Gasteiger partial charge in [0.1, 0.15) is 0 Å². The van der Waals surface area contributed by atoms with Crippen molar-refractivity contribution in [3.63, 3.8) is 0 Å². The van der Waals surface area contributed by atoms with Crippen LogP contribution in [0, 0.1) is 23.7 Å². The lowest BCUT2D eigenvalue weighted by atomic mass is 10.0. The Morgan fingerprint density at radius 2 is 1.75 bits per heavy atom. The fraction of sp³-hybridized carbons (Fsp3) is 0.929. The minimum absolute atomic E-state index is 0.384. The van der Waals surface area contributed by atoms with E-state index in [1.165, 1.54) is 44.9 Å². The van der Waals surface area contributed by atoms with E-state index in [4.69, 9.17) is 0 Å². The summed E-state index contributed by atoms with van der Waals surface area (Å²) in [5, 5.41) is 0. The topological polar surface area (TPSA) is 20.3 Å². The first-order valence-electron chi connectivity index (χ1n) is 6.99. The van der Waals surface area contributed by atoms with E-state index in [1.807, 2.05) is 11.9 Å². The Morgan fingerprint density at radius 3 is 2.38 bits per heavy atom. The maximum absolute atomic E-state index is 12.2. The molecule has 0 aromatic carbocycles. The van der Waals surface area contributed by atoms with Crippen molar-refractivity contribution in [3.05, 3.63) is 0 Å². The average Bonchev–Trinajstić information content (AvgIpc) is 2.72. The second-order valence-electron chi connectivity index (χ2n) is 6.29. The third-order valence-electron chi connectivity index (χ3n) is 4.98. The lowest BCUT2D eigenvalue weighted by molar-refractivity contribution is -0.134. The summed E-state index contributed by atoms with van der Waals surface area (Å²) in [6, 6.07) is 0. The summed E-state index contributed by atoms with van der Waals surface area (Å²) in [4.78, 5) is 14.3. The summed E-state index contributed by atoms with van der Waals surface area (Å²) < 4.78 is 0. The zero-order valence-electron chi connectivity index (χ0n) is 10.3. The van der Waals surface area contributed by atoms with Crippen molar-refractivity contribution in [2.24, 2.45) is 23.7 Å². The van der Waals surface area contributed by atoms with Gasteiger partial charge in [-0.2, -0.15) is 0 Å². The number of rotatable bonds is 3. The van der Waals surface area contributed by atoms with Crippen LogP contribution >= 0.6 is 0 Å².